The quantitative estimate of drug-likeness (QED) is 0.813. The molecule has 1 amide bonds. The summed E-state index contributed by atoms with van der Waals surface area (Å²) in [7, 11) is 0. The summed E-state index contributed by atoms with van der Waals surface area (Å²) in [4.78, 5) is 13.5. The summed E-state index contributed by atoms with van der Waals surface area (Å²) in [5.74, 6) is 0.371. The van der Waals surface area contributed by atoms with Crippen LogP contribution in [0.5, 0.6) is 5.75 Å². The van der Waals surface area contributed by atoms with Gasteiger partial charge in [-0.3, -0.25) is 9.69 Å². The van der Waals surface area contributed by atoms with Gasteiger partial charge in [-0.25, -0.2) is 0 Å². The number of aliphatic hydroxyl groups excluding tert-OH is 1. The molecule has 0 saturated carbocycles. The number of amides is 1. The van der Waals surface area contributed by atoms with Gasteiger partial charge in [-0.2, -0.15) is 5.26 Å². The second-order valence-electron chi connectivity index (χ2n) is 4.06. The molecule has 5 nitrogen and oxygen atoms in total. The zero-order valence-corrected chi connectivity index (χ0v) is 10.1. The highest BCUT2D eigenvalue weighted by atomic mass is 16.5. The van der Waals surface area contributed by atoms with E-state index in [1.165, 1.54) is 4.90 Å². The molecule has 0 aromatic heterocycles. The van der Waals surface area contributed by atoms with Crippen molar-refractivity contribution in [2.75, 3.05) is 11.4 Å². The van der Waals surface area contributed by atoms with Gasteiger partial charge >= 0.3 is 0 Å². The van der Waals surface area contributed by atoms with E-state index in [1.54, 1.807) is 18.2 Å². The van der Waals surface area contributed by atoms with E-state index in [2.05, 4.69) is 0 Å². The summed E-state index contributed by atoms with van der Waals surface area (Å²) in [6.07, 6.45) is 0.0212. The minimum atomic E-state index is -0.536. The molecule has 0 radical (unpaired) electrons. The van der Waals surface area contributed by atoms with Crippen molar-refractivity contribution in [2.24, 2.45) is 0 Å². The van der Waals surface area contributed by atoms with E-state index in [0.717, 1.165) is 0 Å². The van der Waals surface area contributed by atoms with Crippen LogP contribution in [0.4, 0.5) is 5.69 Å². The van der Waals surface area contributed by atoms with Crippen LogP contribution in [0, 0.1) is 11.3 Å². The molecule has 0 bridgehead atoms. The van der Waals surface area contributed by atoms with Crippen molar-refractivity contribution in [1.29, 1.82) is 5.26 Å². The molecule has 94 valence electrons. The van der Waals surface area contributed by atoms with Gasteiger partial charge in [0.2, 0.25) is 0 Å². The Morgan fingerprint density at radius 1 is 1.56 bits per heavy atom. The number of carbonyl (C=O) groups is 1. The van der Waals surface area contributed by atoms with Gasteiger partial charge in [0.15, 0.2) is 6.10 Å². The standard InChI is InChI=1S/C13H14N2O3/c1-2-11-13(17)15(6-5-14)10-7-9(8-16)3-4-12(10)18-11/h3-4,7,11,16H,2,6,8H2,1H3. The maximum atomic E-state index is 12.1. The molecule has 0 spiro atoms. The summed E-state index contributed by atoms with van der Waals surface area (Å²) in [6, 6.07) is 7.12. The number of fused-ring (bicyclic) bond motifs is 1. The van der Waals surface area contributed by atoms with Gasteiger partial charge in [-0.1, -0.05) is 13.0 Å². The van der Waals surface area contributed by atoms with Gasteiger partial charge in [-0.05, 0) is 24.1 Å². The molecule has 0 saturated heterocycles. The Balaban J connectivity index is 2.46. The average Bonchev–Trinajstić information content (AvgIpc) is 2.41. The number of nitrogens with zero attached hydrogens (tertiary/aromatic N) is 2. The molecule has 1 atom stereocenters. The molecule has 2 rings (SSSR count). The monoisotopic (exact) mass is 246 g/mol. The number of aliphatic hydroxyl groups is 1. The highest BCUT2D eigenvalue weighted by molar-refractivity contribution is 6.00. The predicted octanol–water partition coefficient (Wildman–Crippen LogP) is 1.21. The van der Waals surface area contributed by atoms with Crippen LogP contribution in [0.15, 0.2) is 18.2 Å². The van der Waals surface area contributed by atoms with Crippen molar-refractivity contribution >= 4 is 11.6 Å². The lowest BCUT2D eigenvalue weighted by Gasteiger charge is -2.32. The Morgan fingerprint density at radius 2 is 2.33 bits per heavy atom. The van der Waals surface area contributed by atoms with Gasteiger partial charge in [0.1, 0.15) is 12.3 Å². The van der Waals surface area contributed by atoms with Crippen LogP contribution in [0.3, 0.4) is 0 Å². The van der Waals surface area contributed by atoms with Crippen LogP contribution in [0.1, 0.15) is 18.9 Å². The summed E-state index contributed by atoms with van der Waals surface area (Å²) in [6.45, 7) is 1.74. The average molecular weight is 246 g/mol. The van der Waals surface area contributed by atoms with Crippen molar-refractivity contribution in [3.8, 4) is 11.8 Å². The Labute approximate surface area is 105 Å². The first-order chi connectivity index (χ1) is 8.71. The molecule has 5 heteroatoms. The number of carbonyl (C=O) groups excluding carboxylic acids is 1. The topological polar surface area (TPSA) is 73.6 Å². The Hall–Kier alpha value is -2.06. The molecular weight excluding hydrogens is 232 g/mol. The van der Waals surface area contributed by atoms with Gasteiger partial charge in [0.25, 0.3) is 5.91 Å². The van der Waals surface area contributed by atoms with Crippen LogP contribution < -0.4 is 9.64 Å². The van der Waals surface area contributed by atoms with E-state index in [0.29, 0.717) is 23.4 Å². The summed E-state index contributed by atoms with van der Waals surface area (Å²) in [5.41, 5.74) is 1.24. The fourth-order valence-corrected chi connectivity index (χ4v) is 1.96. The molecule has 1 N–H and O–H groups in total. The lowest BCUT2D eigenvalue weighted by atomic mass is 10.1. The lowest BCUT2D eigenvalue weighted by Crippen LogP contribution is -2.45. The van der Waals surface area contributed by atoms with E-state index in [-0.39, 0.29) is 19.1 Å². The third kappa shape index (κ3) is 2.03. The molecular formula is C13H14N2O3. The normalized spacial score (nSPS) is 17.9. The Kier molecular flexibility index (Phi) is 3.49. The number of hydrogen-bond donors (Lipinski definition) is 1. The Morgan fingerprint density at radius 3 is 2.94 bits per heavy atom. The van der Waals surface area contributed by atoms with Crippen LogP contribution in [0.2, 0.25) is 0 Å². The molecule has 1 aliphatic rings. The van der Waals surface area contributed by atoms with Crippen molar-refractivity contribution in [2.45, 2.75) is 26.1 Å². The van der Waals surface area contributed by atoms with Crippen LogP contribution in [-0.2, 0) is 11.4 Å². The van der Waals surface area contributed by atoms with Gasteiger partial charge in [0.05, 0.1) is 18.4 Å². The zero-order valence-electron chi connectivity index (χ0n) is 10.1. The fraction of sp³-hybridized carbons (Fsp3) is 0.385. The maximum Gasteiger partial charge on any atom is 0.269 e. The van der Waals surface area contributed by atoms with Crippen molar-refractivity contribution < 1.29 is 14.6 Å². The van der Waals surface area contributed by atoms with E-state index in [1.807, 2.05) is 13.0 Å². The molecule has 1 unspecified atom stereocenters. The number of hydrogen-bond acceptors (Lipinski definition) is 4. The SMILES string of the molecule is CCC1Oc2ccc(CO)cc2N(CC#N)C1=O. The fourth-order valence-electron chi connectivity index (χ4n) is 1.96. The largest absolute Gasteiger partial charge is 0.478 e. The van der Waals surface area contributed by atoms with E-state index < -0.39 is 6.10 Å². The molecule has 1 aliphatic heterocycles. The number of nitriles is 1. The molecule has 18 heavy (non-hydrogen) atoms. The van der Waals surface area contributed by atoms with Gasteiger partial charge < -0.3 is 9.84 Å². The minimum Gasteiger partial charge on any atom is -0.478 e. The number of anilines is 1. The third-order valence-corrected chi connectivity index (χ3v) is 2.91. The molecule has 0 fully saturated rings. The lowest BCUT2D eigenvalue weighted by molar-refractivity contribution is -0.126. The number of ether oxygens (including phenoxy) is 1. The Bertz CT molecular complexity index is 507. The molecule has 0 aliphatic carbocycles. The third-order valence-electron chi connectivity index (χ3n) is 2.91. The smallest absolute Gasteiger partial charge is 0.269 e. The van der Waals surface area contributed by atoms with Crippen molar-refractivity contribution in [3.63, 3.8) is 0 Å². The second kappa shape index (κ2) is 5.07. The highest BCUT2D eigenvalue weighted by Gasteiger charge is 2.33. The maximum absolute atomic E-state index is 12.1. The van der Waals surface area contributed by atoms with E-state index in [9.17, 15) is 4.79 Å². The first kappa shape index (κ1) is 12.4. The van der Waals surface area contributed by atoms with Crippen LogP contribution in [-0.4, -0.2) is 23.7 Å². The van der Waals surface area contributed by atoms with E-state index in [4.69, 9.17) is 15.1 Å². The predicted molar refractivity (Wildman–Crippen MR) is 65.0 cm³/mol. The summed E-state index contributed by atoms with van der Waals surface area (Å²) in [5, 5.41) is 17.9. The van der Waals surface area contributed by atoms with Crippen molar-refractivity contribution in [3.05, 3.63) is 23.8 Å². The first-order valence-electron chi connectivity index (χ1n) is 5.80. The molecule has 1 aromatic carbocycles. The first-order valence-corrected chi connectivity index (χ1v) is 5.80. The van der Waals surface area contributed by atoms with Crippen LogP contribution in [0.25, 0.3) is 0 Å². The van der Waals surface area contributed by atoms with Gasteiger partial charge in [0, 0.05) is 0 Å². The zero-order chi connectivity index (χ0) is 13.1. The minimum absolute atomic E-state index is 0.0133. The van der Waals surface area contributed by atoms with E-state index >= 15 is 0 Å². The van der Waals surface area contributed by atoms with Crippen LogP contribution >= 0.6 is 0 Å². The molecule has 1 heterocycles. The van der Waals surface area contributed by atoms with Gasteiger partial charge in [-0.15, -0.1) is 0 Å². The molecule has 1 aromatic rings. The number of benzene rings is 1. The second-order valence-corrected chi connectivity index (χ2v) is 4.06. The summed E-state index contributed by atoms with van der Waals surface area (Å²) < 4.78 is 5.59. The highest BCUT2D eigenvalue weighted by Crippen LogP contribution is 2.35. The summed E-state index contributed by atoms with van der Waals surface area (Å²) >= 11 is 0. The number of rotatable bonds is 3. The van der Waals surface area contributed by atoms with Crippen molar-refractivity contribution in [1.82, 2.24) is 0 Å².